The van der Waals surface area contributed by atoms with Crippen LogP contribution >= 0.6 is 0 Å². The van der Waals surface area contributed by atoms with E-state index in [4.69, 9.17) is 9.73 Å². The summed E-state index contributed by atoms with van der Waals surface area (Å²) < 4.78 is 5.13. The van der Waals surface area contributed by atoms with Crippen LogP contribution in [0.15, 0.2) is 89.6 Å². The van der Waals surface area contributed by atoms with E-state index >= 15 is 0 Å². The molecule has 0 spiro atoms. The maximum Gasteiger partial charge on any atom is 0.339 e. The monoisotopic (exact) mass is 360 g/mol. The number of esters is 1. The Balaban J connectivity index is 2.08. The molecule has 0 aliphatic carbocycles. The molecule has 0 N–H and O–H groups in total. The highest BCUT2D eigenvalue weighted by atomic mass is 16.5. The lowest BCUT2D eigenvalue weighted by molar-refractivity contribution is -0.138. The fraction of sp³-hybridized carbons (Fsp3) is 0.217. The number of anilines is 2. The van der Waals surface area contributed by atoms with E-state index in [1.165, 1.54) is 0 Å². The lowest BCUT2D eigenvalue weighted by Crippen LogP contribution is -2.31. The number of nitrogens with zero attached hydrogens (tertiary/aromatic N) is 2. The quantitative estimate of drug-likeness (QED) is 0.698. The fourth-order valence-corrected chi connectivity index (χ4v) is 2.99. The average Bonchev–Trinajstić information content (AvgIpc) is 2.69. The number of carbonyl (C=O) groups is 1. The van der Waals surface area contributed by atoms with E-state index in [2.05, 4.69) is 36.1 Å². The predicted molar refractivity (Wildman–Crippen MR) is 110 cm³/mol. The third-order valence-corrected chi connectivity index (χ3v) is 4.33. The van der Waals surface area contributed by atoms with Gasteiger partial charge in [-0.1, -0.05) is 55.5 Å². The number of ether oxygens (including phenoxy) is 1. The van der Waals surface area contributed by atoms with Gasteiger partial charge in [0, 0.05) is 23.5 Å². The molecule has 1 aliphatic rings. The second-order valence-electron chi connectivity index (χ2n) is 6.34. The number of para-hydroxylation sites is 2. The molecule has 138 valence electrons. The third-order valence-electron chi connectivity index (χ3n) is 4.33. The van der Waals surface area contributed by atoms with Crippen LogP contribution in [-0.4, -0.2) is 18.4 Å². The van der Waals surface area contributed by atoms with Crippen molar-refractivity contribution < 1.29 is 9.53 Å². The third kappa shape index (κ3) is 4.53. The van der Waals surface area contributed by atoms with Crippen molar-refractivity contribution in [3.8, 4) is 0 Å². The molecule has 3 rings (SSSR count). The Labute approximate surface area is 160 Å². The molecular weight excluding hydrogens is 336 g/mol. The van der Waals surface area contributed by atoms with Crippen LogP contribution in [0.4, 0.5) is 11.4 Å². The molecular formula is C23H24N2O2. The first-order chi connectivity index (χ1) is 13.2. The summed E-state index contributed by atoms with van der Waals surface area (Å²) in [6.07, 6.45) is 6.20. The van der Waals surface area contributed by atoms with Gasteiger partial charge in [0.25, 0.3) is 0 Å². The molecule has 0 saturated heterocycles. The second kappa shape index (κ2) is 8.99. The first-order valence-electron chi connectivity index (χ1n) is 9.22. The maximum absolute atomic E-state index is 12.1. The summed E-state index contributed by atoms with van der Waals surface area (Å²) in [4.78, 5) is 19.0. The van der Waals surface area contributed by atoms with Crippen molar-refractivity contribution in [2.24, 2.45) is 10.9 Å². The molecule has 2 aromatic carbocycles. The number of hydrogen-bond acceptors (Lipinski definition) is 4. The predicted octanol–water partition coefficient (Wildman–Crippen LogP) is 5.27. The van der Waals surface area contributed by atoms with Crippen LogP contribution in [0.1, 0.15) is 20.3 Å². The van der Waals surface area contributed by atoms with E-state index in [0.29, 0.717) is 12.2 Å². The molecule has 2 aromatic rings. The van der Waals surface area contributed by atoms with Crippen LogP contribution in [0.5, 0.6) is 0 Å². The van der Waals surface area contributed by atoms with Crippen LogP contribution in [0, 0.1) is 5.92 Å². The Hall–Kier alpha value is -3.14. The standard InChI is InChI=1S/C23H24N2O2/c1-3-27-23(26)19-12-10-11-18(2)22(24-17-19)25(20-13-6-4-7-14-20)21-15-8-5-9-16-21/h4-10,12-18H,3,11H2,1-2H3. The lowest BCUT2D eigenvalue weighted by atomic mass is 10.0. The number of allylic oxidation sites excluding steroid dienone is 1. The summed E-state index contributed by atoms with van der Waals surface area (Å²) in [6, 6.07) is 20.3. The summed E-state index contributed by atoms with van der Waals surface area (Å²) >= 11 is 0. The SMILES string of the molecule is CCOC(=O)C1=CN=C(N(c2ccccc2)c2ccccc2)C(C)CC=C1. The summed E-state index contributed by atoms with van der Waals surface area (Å²) in [5, 5.41) is 0. The molecule has 4 heteroatoms. The second-order valence-corrected chi connectivity index (χ2v) is 6.34. The van der Waals surface area contributed by atoms with Crippen molar-refractivity contribution in [3.05, 3.63) is 84.6 Å². The summed E-state index contributed by atoms with van der Waals surface area (Å²) in [7, 11) is 0. The molecule has 1 aliphatic heterocycles. The highest BCUT2D eigenvalue weighted by Gasteiger charge is 2.22. The van der Waals surface area contributed by atoms with Crippen molar-refractivity contribution in [2.75, 3.05) is 11.5 Å². The van der Waals surface area contributed by atoms with Crippen molar-refractivity contribution in [2.45, 2.75) is 20.3 Å². The Kier molecular flexibility index (Phi) is 6.21. The van der Waals surface area contributed by atoms with E-state index in [0.717, 1.165) is 23.6 Å². The van der Waals surface area contributed by atoms with E-state index in [-0.39, 0.29) is 11.9 Å². The van der Waals surface area contributed by atoms with Crippen molar-refractivity contribution in [1.82, 2.24) is 0 Å². The topological polar surface area (TPSA) is 41.9 Å². The lowest BCUT2D eigenvalue weighted by Gasteiger charge is -2.30. The molecule has 0 bridgehead atoms. The zero-order valence-electron chi connectivity index (χ0n) is 15.7. The molecule has 1 atom stereocenters. The van der Waals surface area contributed by atoms with Crippen molar-refractivity contribution in [3.63, 3.8) is 0 Å². The molecule has 0 radical (unpaired) electrons. The van der Waals surface area contributed by atoms with Crippen LogP contribution in [0.2, 0.25) is 0 Å². The minimum atomic E-state index is -0.350. The van der Waals surface area contributed by atoms with Gasteiger partial charge in [0.15, 0.2) is 0 Å². The minimum absolute atomic E-state index is 0.182. The highest BCUT2D eigenvalue weighted by Crippen LogP contribution is 2.29. The Morgan fingerprint density at radius 1 is 1.07 bits per heavy atom. The van der Waals surface area contributed by atoms with Gasteiger partial charge in [0.1, 0.15) is 5.84 Å². The van der Waals surface area contributed by atoms with Crippen LogP contribution in [0.3, 0.4) is 0 Å². The Bertz CT molecular complexity index is 815. The molecule has 4 nitrogen and oxygen atoms in total. The summed E-state index contributed by atoms with van der Waals surface area (Å²) in [6.45, 7) is 4.29. The zero-order chi connectivity index (χ0) is 19.1. The highest BCUT2D eigenvalue weighted by molar-refractivity contribution is 6.06. The van der Waals surface area contributed by atoms with Crippen LogP contribution < -0.4 is 4.90 Å². The fourth-order valence-electron chi connectivity index (χ4n) is 2.99. The van der Waals surface area contributed by atoms with Crippen LogP contribution in [0.25, 0.3) is 0 Å². The smallest absolute Gasteiger partial charge is 0.339 e. The van der Waals surface area contributed by atoms with Crippen molar-refractivity contribution >= 4 is 23.2 Å². The molecule has 0 amide bonds. The van der Waals surface area contributed by atoms with E-state index in [9.17, 15) is 4.79 Å². The van der Waals surface area contributed by atoms with E-state index < -0.39 is 0 Å². The largest absolute Gasteiger partial charge is 0.462 e. The molecule has 0 saturated carbocycles. The number of hydrogen-bond donors (Lipinski definition) is 0. The number of aliphatic imine (C=N–C) groups is 1. The number of rotatable bonds is 4. The Morgan fingerprint density at radius 3 is 2.22 bits per heavy atom. The van der Waals surface area contributed by atoms with E-state index in [1.807, 2.05) is 42.5 Å². The molecule has 1 unspecified atom stereocenters. The Morgan fingerprint density at radius 2 is 1.67 bits per heavy atom. The molecule has 1 heterocycles. The number of carbonyl (C=O) groups excluding carboxylic acids is 1. The van der Waals surface area contributed by atoms with Gasteiger partial charge < -0.3 is 4.74 Å². The average molecular weight is 360 g/mol. The zero-order valence-corrected chi connectivity index (χ0v) is 15.7. The van der Waals surface area contributed by atoms with Gasteiger partial charge in [-0.05, 0) is 37.6 Å². The molecule has 0 fully saturated rings. The van der Waals surface area contributed by atoms with Gasteiger partial charge >= 0.3 is 5.97 Å². The van der Waals surface area contributed by atoms with Gasteiger partial charge in [0.05, 0.1) is 12.2 Å². The summed E-state index contributed by atoms with van der Waals surface area (Å²) in [5.74, 6) is 0.720. The van der Waals surface area contributed by atoms with Crippen molar-refractivity contribution in [1.29, 1.82) is 0 Å². The van der Waals surface area contributed by atoms with Gasteiger partial charge in [-0.25, -0.2) is 9.79 Å². The molecule has 0 aromatic heterocycles. The van der Waals surface area contributed by atoms with Gasteiger partial charge in [-0.2, -0.15) is 0 Å². The van der Waals surface area contributed by atoms with E-state index in [1.54, 1.807) is 19.2 Å². The normalized spacial score (nSPS) is 16.6. The first kappa shape index (κ1) is 18.6. The maximum atomic E-state index is 12.1. The van der Waals surface area contributed by atoms with Gasteiger partial charge in [-0.3, -0.25) is 4.90 Å². The first-order valence-corrected chi connectivity index (χ1v) is 9.22. The molecule has 27 heavy (non-hydrogen) atoms. The number of benzene rings is 2. The van der Waals surface area contributed by atoms with Crippen LogP contribution in [-0.2, 0) is 9.53 Å². The number of amidine groups is 1. The van der Waals surface area contributed by atoms with Gasteiger partial charge in [-0.15, -0.1) is 0 Å². The summed E-state index contributed by atoms with van der Waals surface area (Å²) in [5.41, 5.74) is 2.53. The minimum Gasteiger partial charge on any atom is -0.462 e. The van der Waals surface area contributed by atoms with Gasteiger partial charge in [0.2, 0.25) is 0 Å².